The van der Waals surface area contributed by atoms with Gasteiger partial charge in [0.1, 0.15) is 4.53 Å². The second-order valence-electron chi connectivity index (χ2n) is 8.69. The van der Waals surface area contributed by atoms with E-state index in [1.807, 2.05) is 50.2 Å². The van der Waals surface area contributed by atoms with Crippen LogP contribution in [0.4, 0.5) is 5.69 Å². The fraction of sp³-hybridized carbons (Fsp3) is 0.259. The van der Waals surface area contributed by atoms with Gasteiger partial charge >= 0.3 is 0 Å². The number of aromatic nitrogens is 1. The van der Waals surface area contributed by atoms with Gasteiger partial charge in [-0.2, -0.15) is 0 Å². The van der Waals surface area contributed by atoms with Crippen molar-refractivity contribution < 1.29 is 9.59 Å². The number of carbonyl (C=O) groups excluding carboxylic acids is 2. The minimum atomic E-state index is -0.689. The maximum Gasteiger partial charge on any atom is 0.271 e. The van der Waals surface area contributed by atoms with Crippen molar-refractivity contribution in [2.45, 2.75) is 26.8 Å². The molecule has 36 heavy (non-hydrogen) atoms. The van der Waals surface area contributed by atoms with Gasteiger partial charge in [0.05, 0.1) is 28.6 Å². The standard InChI is InChI=1S/C27H25ClN4O3S/c1-5-31(6-2)25(34)20-15(3)29-27-32(22(20)16-11-13-17(28)14-12-16)26(35)23(36-27)21-18-9-7-8-10-19(18)30(4)24(21)33/h7-14,22H,5-6H2,1-4H3/b23-21+/t22-/m0/s1. The number of para-hydroxylation sites is 1. The smallest absolute Gasteiger partial charge is 0.271 e. The maximum absolute atomic E-state index is 14.0. The first-order valence-electron chi connectivity index (χ1n) is 11.8. The van der Waals surface area contributed by atoms with Crippen LogP contribution in [0.3, 0.4) is 0 Å². The van der Waals surface area contributed by atoms with Gasteiger partial charge in [-0.05, 0) is 44.5 Å². The van der Waals surface area contributed by atoms with Crippen molar-refractivity contribution >= 4 is 46.0 Å². The van der Waals surface area contributed by atoms with Gasteiger partial charge in [0.15, 0.2) is 4.80 Å². The third-order valence-corrected chi connectivity index (χ3v) is 8.05. The first-order chi connectivity index (χ1) is 17.3. The number of amides is 2. The summed E-state index contributed by atoms with van der Waals surface area (Å²) in [5.41, 5.74) is 3.24. The average Bonchev–Trinajstić information content (AvgIpc) is 3.32. The first-order valence-corrected chi connectivity index (χ1v) is 12.9. The summed E-state index contributed by atoms with van der Waals surface area (Å²) >= 11 is 7.34. The molecule has 0 saturated heterocycles. The Morgan fingerprint density at radius 3 is 2.42 bits per heavy atom. The van der Waals surface area contributed by atoms with E-state index in [9.17, 15) is 14.4 Å². The molecule has 2 aliphatic rings. The summed E-state index contributed by atoms with van der Waals surface area (Å²) < 4.78 is 1.87. The minimum absolute atomic E-state index is 0.166. The van der Waals surface area contributed by atoms with Gasteiger partial charge < -0.3 is 9.80 Å². The van der Waals surface area contributed by atoms with E-state index < -0.39 is 6.04 Å². The summed E-state index contributed by atoms with van der Waals surface area (Å²) in [4.78, 5) is 49.4. The average molecular weight is 521 g/mol. The number of likely N-dealkylation sites (N-methyl/N-ethyl adjacent to an activating group) is 2. The number of anilines is 1. The summed E-state index contributed by atoms with van der Waals surface area (Å²) in [5.74, 6) is -0.402. The number of hydrogen-bond donors (Lipinski definition) is 0. The van der Waals surface area contributed by atoms with Crippen LogP contribution in [0.25, 0.3) is 5.57 Å². The molecule has 184 valence electrons. The van der Waals surface area contributed by atoms with Crippen LogP contribution in [0.15, 0.2) is 69.6 Å². The predicted octanol–water partition coefficient (Wildman–Crippen LogP) is 3.10. The van der Waals surface area contributed by atoms with Crippen molar-refractivity contribution in [2.24, 2.45) is 4.99 Å². The highest BCUT2D eigenvalue weighted by Crippen LogP contribution is 2.35. The SMILES string of the molecule is CCN(CC)C(=O)C1=C(C)N=c2s/c(=C3/C(=O)N(C)c4ccccc43)c(=O)n2[C@H]1c1ccc(Cl)cc1. The van der Waals surface area contributed by atoms with Gasteiger partial charge in [0, 0.05) is 30.7 Å². The van der Waals surface area contributed by atoms with Crippen molar-refractivity contribution in [3.05, 3.63) is 95.6 Å². The largest absolute Gasteiger partial charge is 0.339 e. The van der Waals surface area contributed by atoms with E-state index in [1.165, 1.54) is 11.3 Å². The molecule has 3 heterocycles. The number of rotatable bonds is 4. The molecule has 3 aromatic rings. The van der Waals surface area contributed by atoms with E-state index in [1.54, 1.807) is 40.5 Å². The summed E-state index contributed by atoms with van der Waals surface area (Å²) in [5, 5.41) is 0.557. The molecule has 7 nitrogen and oxygen atoms in total. The van der Waals surface area contributed by atoms with Crippen molar-refractivity contribution in [3.8, 4) is 0 Å². The Labute approximate surface area is 217 Å². The van der Waals surface area contributed by atoms with Crippen molar-refractivity contribution in [3.63, 3.8) is 0 Å². The lowest BCUT2D eigenvalue weighted by atomic mass is 9.94. The maximum atomic E-state index is 14.0. The zero-order valence-corrected chi connectivity index (χ0v) is 22.0. The van der Waals surface area contributed by atoms with Crippen LogP contribution >= 0.6 is 22.9 Å². The van der Waals surface area contributed by atoms with E-state index in [0.717, 1.165) is 11.3 Å². The fourth-order valence-electron chi connectivity index (χ4n) is 4.88. The summed E-state index contributed by atoms with van der Waals surface area (Å²) in [7, 11) is 1.70. The summed E-state index contributed by atoms with van der Waals surface area (Å²) in [6.45, 7) is 6.71. The number of carbonyl (C=O) groups is 2. The predicted molar refractivity (Wildman–Crippen MR) is 142 cm³/mol. The molecule has 0 fully saturated rings. The summed E-state index contributed by atoms with van der Waals surface area (Å²) in [6, 6.07) is 13.9. The molecule has 0 spiro atoms. The molecule has 1 aromatic heterocycles. The lowest BCUT2D eigenvalue weighted by Gasteiger charge is -2.29. The zero-order chi connectivity index (χ0) is 25.7. The number of halogens is 1. The van der Waals surface area contributed by atoms with Gasteiger partial charge in [0.25, 0.3) is 17.4 Å². The third-order valence-electron chi connectivity index (χ3n) is 6.74. The van der Waals surface area contributed by atoms with E-state index in [2.05, 4.69) is 0 Å². The van der Waals surface area contributed by atoms with Crippen LogP contribution in [-0.4, -0.2) is 41.4 Å². The summed E-state index contributed by atoms with van der Waals surface area (Å²) in [6.07, 6.45) is 0. The molecule has 0 saturated carbocycles. The quantitative estimate of drug-likeness (QED) is 0.530. The molecule has 2 aromatic carbocycles. The highest BCUT2D eigenvalue weighted by molar-refractivity contribution is 7.07. The fourth-order valence-corrected chi connectivity index (χ4v) is 6.14. The van der Waals surface area contributed by atoms with Crippen LogP contribution < -0.4 is 19.8 Å². The zero-order valence-electron chi connectivity index (χ0n) is 20.4. The highest BCUT2D eigenvalue weighted by Gasteiger charge is 2.36. The molecule has 0 unspecified atom stereocenters. The second-order valence-corrected chi connectivity index (χ2v) is 10.1. The van der Waals surface area contributed by atoms with Gasteiger partial charge in [-0.3, -0.25) is 19.0 Å². The van der Waals surface area contributed by atoms with Gasteiger partial charge in [-0.1, -0.05) is 53.3 Å². The Balaban J connectivity index is 1.82. The Bertz CT molecular complexity index is 1610. The van der Waals surface area contributed by atoms with Crippen molar-refractivity contribution in [2.75, 3.05) is 25.0 Å². The van der Waals surface area contributed by atoms with E-state index >= 15 is 0 Å². The molecule has 9 heteroatoms. The monoisotopic (exact) mass is 520 g/mol. The van der Waals surface area contributed by atoms with Crippen molar-refractivity contribution in [1.82, 2.24) is 9.47 Å². The normalized spacial score (nSPS) is 18.2. The molecule has 0 aliphatic carbocycles. The van der Waals surface area contributed by atoms with Gasteiger partial charge in [-0.15, -0.1) is 0 Å². The Hall–Kier alpha value is -3.49. The molecule has 2 amide bonds. The van der Waals surface area contributed by atoms with Crippen LogP contribution in [0, 0.1) is 0 Å². The van der Waals surface area contributed by atoms with Crippen molar-refractivity contribution in [1.29, 1.82) is 0 Å². The highest BCUT2D eigenvalue weighted by atomic mass is 35.5. The van der Waals surface area contributed by atoms with E-state index in [4.69, 9.17) is 16.6 Å². The minimum Gasteiger partial charge on any atom is -0.339 e. The van der Waals surface area contributed by atoms with Crippen LogP contribution in [-0.2, 0) is 9.59 Å². The Morgan fingerprint density at radius 2 is 1.75 bits per heavy atom. The van der Waals surface area contributed by atoms with Crippen LogP contribution in [0.1, 0.15) is 37.9 Å². The molecule has 1 atom stereocenters. The Morgan fingerprint density at radius 1 is 1.08 bits per heavy atom. The molecular formula is C27H25ClN4O3S. The lowest BCUT2D eigenvalue weighted by Crippen LogP contribution is -2.43. The number of allylic oxidation sites excluding steroid dienone is 1. The number of fused-ring (bicyclic) bond motifs is 2. The second kappa shape index (κ2) is 9.19. The Kier molecular flexibility index (Phi) is 6.18. The lowest BCUT2D eigenvalue weighted by molar-refractivity contribution is -0.127. The molecular weight excluding hydrogens is 496 g/mol. The molecule has 0 radical (unpaired) electrons. The van der Waals surface area contributed by atoms with Gasteiger partial charge in [-0.25, -0.2) is 4.99 Å². The number of benzene rings is 2. The molecule has 5 rings (SSSR count). The first kappa shape index (κ1) is 24.2. The number of hydrogen-bond acceptors (Lipinski definition) is 5. The van der Waals surface area contributed by atoms with Crippen LogP contribution in [0.2, 0.25) is 5.02 Å². The number of nitrogens with zero attached hydrogens (tertiary/aromatic N) is 4. The van der Waals surface area contributed by atoms with Crippen LogP contribution in [0.5, 0.6) is 0 Å². The van der Waals surface area contributed by atoms with E-state index in [-0.39, 0.29) is 17.4 Å². The number of thiazole rings is 1. The molecule has 0 N–H and O–H groups in total. The topological polar surface area (TPSA) is 75.0 Å². The van der Waals surface area contributed by atoms with E-state index in [0.29, 0.717) is 49.9 Å². The van der Waals surface area contributed by atoms with Gasteiger partial charge in [0.2, 0.25) is 0 Å². The molecule has 2 aliphatic heterocycles. The third kappa shape index (κ3) is 3.63. The molecule has 0 bridgehead atoms.